The summed E-state index contributed by atoms with van der Waals surface area (Å²) >= 11 is 0. The van der Waals surface area contributed by atoms with E-state index < -0.39 is 17.5 Å². The number of hydrogen-bond acceptors (Lipinski definition) is 5. The molecule has 1 fully saturated rings. The van der Waals surface area contributed by atoms with Crippen LogP contribution in [0.1, 0.15) is 25.8 Å². The van der Waals surface area contributed by atoms with Gasteiger partial charge in [-0.2, -0.15) is 4.98 Å². The Morgan fingerprint density at radius 1 is 1.14 bits per heavy atom. The number of hydrogen-bond donors (Lipinski definition) is 1. The van der Waals surface area contributed by atoms with Crippen LogP contribution in [0.2, 0.25) is 0 Å². The van der Waals surface area contributed by atoms with Gasteiger partial charge in [0.25, 0.3) is 0 Å². The summed E-state index contributed by atoms with van der Waals surface area (Å²) in [5.41, 5.74) is 1.92. The molecule has 3 aromatic rings. The monoisotopic (exact) mass is 403 g/mol. The van der Waals surface area contributed by atoms with E-state index in [1.54, 1.807) is 0 Å². The van der Waals surface area contributed by atoms with Crippen molar-refractivity contribution in [2.24, 2.45) is 0 Å². The summed E-state index contributed by atoms with van der Waals surface area (Å²) in [5.74, 6) is -2.57. The van der Waals surface area contributed by atoms with Gasteiger partial charge in [0.1, 0.15) is 17.4 Å². The molecule has 1 saturated carbocycles. The predicted molar refractivity (Wildman–Crippen MR) is 103 cm³/mol. The highest BCUT2D eigenvalue weighted by atomic mass is 19.2. The Labute approximate surface area is 165 Å². The first kappa shape index (κ1) is 18.1. The SMILES string of the molecule is C[C@@H]1CN(C)c2nc(N[C@H]3C[C@H](Oc4cc(F)c(F)c(F)c4)C3)nc3ccn1c23. The van der Waals surface area contributed by atoms with E-state index >= 15 is 0 Å². The van der Waals surface area contributed by atoms with E-state index in [-0.39, 0.29) is 17.9 Å². The van der Waals surface area contributed by atoms with Gasteiger partial charge >= 0.3 is 0 Å². The molecule has 1 aromatic carbocycles. The Hall–Kier alpha value is -2.97. The molecule has 152 valence electrons. The van der Waals surface area contributed by atoms with E-state index in [1.807, 2.05) is 19.3 Å². The molecule has 0 radical (unpaired) electrons. The summed E-state index contributed by atoms with van der Waals surface area (Å²) in [5, 5.41) is 3.31. The second kappa shape index (κ2) is 6.53. The summed E-state index contributed by atoms with van der Waals surface area (Å²) in [7, 11) is 2.02. The number of aromatic nitrogens is 3. The zero-order chi connectivity index (χ0) is 20.3. The molecule has 0 amide bonds. The zero-order valence-electron chi connectivity index (χ0n) is 16.0. The molecule has 9 heteroatoms. The molecule has 29 heavy (non-hydrogen) atoms. The average molecular weight is 403 g/mol. The van der Waals surface area contributed by atoms with Crippen molar-refractivity contribution in [2.75, 3.05) is 23.8 Å². The third-order valence-electron chi connectivity index (χ3n) is 5.61. The smallest absolute Gasteiger partial charge is 0.225 e. The summed E-state index contributed by atoms with van der Waals surface area (Å²) in [6.07, 6.45) is 3.10. The fourth-order valence-corrected chi connectivity index (χ4v) is 4.07. The number of ether oxygens (including phenoxy) is 1. The highest BCUT2D eigenvalue weighted by molar-refractivity contribution is 5.89. The van der Waals surface area contributed by atoms with Crippen molar-refractivity contribution in [3.05, 3.63) is 41.8 Å². The van der Waals surface area contributed by atoms with Crippen molar-refractivity contribution in [2.45, 2.75) is 38.0 Å². The Kier molecular flexibility index (Phi) is 4.07. The first-order valence-corrected chi connectivity index (χ1v) is 9.56. The maximum atomic E-state index is 13.3. The van der Waals surface area contributed by atoms with Crippen LogP contribution >= 0.6 is 0 Å². The maximum Gasteiger partial charge on any atom is 0.225 e. The van der Waals surface area contributed by atoms with Crippen LogP contribution in [0.15, 0.2) is 24.4 Å². The predicted octanol–water partition coefficient (Wildman–Crippen LogP) is 3.88. The number of nitrogens with one attached hydrogen (secondary N) is 1. The van der Waals surface area contributed by atoms with E-state index in [1.165, 1.54) is 0 Å². The van der Waals surface area contributed by atoms with Gasteiger partial charge in [0, 0.05) is 56.8 Å². The average Bonchev–Trinajstić information content (AvgIpc) is 3.07. The van der Waals surface area contributed by atoms with E-state index in [2.05, 4.69) is 31.7 Å². The van der Waals surface area contributed by atoms with Crippen LogP contribution in [-0.2, 0) is 0 Å². The minimum absolute atomic E-state index is 0.0102. The lowest BCUT2D eigenvalue weighted by atomic mass is 9.89. The van der Waals surface area contributed by atoms with Gasteiger partial charge in [0.2, 0.25) is 5.95 Å². The van der Waals surface area contributed by atoms with E-state index in [0.29, 0.717) is 24.8 Å². The van der Waals surface area contributed by atoms with Crippen LogP contribution < -0.4 is 15.0 Å². The van der Waals surface area contributed by atoms with Crippen LogP contribution in [0, 0.1) is 17.5 Å². The van der Waals surface area contributed by atoms with Gasteiger partial charge in [-0.1, -0.05) is 0 Å². The van der Waals surface area contributed by atoms with Crippen molar-refractivity contribution < 1.29 is 17.9 Å². The van der Waals surface area contributed by atoms with Gasteiger partial charge in [0.05, 0.1) is 5.52 Å². The molecule has 0 bridgehead atoms. The first-order valence-electron chi connectivity index (χ1n) is 9.56. The number of nitrogens with zero attached hydrogens (tertiary/aromatic N) is 4. The van der Waals surface area contributed by atoms with E-state index in [9.17, 15) is 13.2 Å². The van der Waals surface area contributed by atoms with Crippen molar-refractivity contribution in [3.8, 4) is 5.75 Å². The van der Waals surface area contributed by atoms with Crippen molar-refractivity contribution in [1.29, 1.82) is 0 Å². The van der Waals surface area contributed by atoms with Crippen molar-refractivity contribution >= 4 is 22.8 Å². The number of rotatable bonds is 4. The molecule has 6 nitrogen and oxygen atoms in total. The van der Waals surface area contributed by atoms with E-state index in [4.69, 9.17) is 4.74 Å². The number of anilines is 2. The second-order valence-corrected chi connectivity index (χ2v) is 7.81. The van der Waals surface area contributed by atoms with Gasteiger partial charge in [-0.05, 0) is 13.0 Å². The molecule has 0 saturated heterocycles. The second-order valence-electron chi connectivity index (χ2n) is 7.81. The van der Waals surface area contributed by atoms with Gasteiger partial charge in [0.15, 0.2) is 23.3 Å². The normalized spacial score (nSPS) is 23.2. The molecule has 1 aliphatic carbocycles. The van der Waals surface area contributed by atoms with Crippen LogP contribution in [0.4, 0.5) is 24.9 Å². The molecule has 0 spiro atoms. The quantitative estimate of drug-likeness (QED) is 0.670. The molecule has 5 rings (SSSR count). The number of likely N-dealkylation sites (N-methyl/N-ethyl adjacent to an activating group) is 1. The molecule has 2 aromatic heterocycles. The van der Waals surface area contributed by atoms with Gasteiger partial charge < -0.3 is 19.5 Å². The standard InChI is InChI=1S/C20H20F3N5O/c1-10-9-27(2)19-18-16(3-4-28(10)18)25-20(26-19)24-11-5-12(6-11)29-13-7-14(21)17(23)15(22)8-13/h3-4,7-8,10-12H,5-6,9H2,1-2H3,(H,24,25,26)/t10-,11-,12-/m1/s1. The minimum atomic E-state index is -1.49. The molecule has 3 heterocycles. The van der Waals surface area contributed by atoms with Gasteiger partial charge in [-0.25, -0.2) is 18.2 Å². The summed E-state index contributed by atoms with van der Waals surface area (Å²) < 4.78 is 47.4. The fourth-order valence-electron chi connectivity index (χ4n) is 4.07. The molecule has 1 aliphatic heterocycles. The highest BCUT2D eigenvalue weighted by Gasteiger charge is 2.33. The summed E-state index contributed by atoms with van der Waals surface area (Å²) in [6.45, 7) is 3.04. The maximum absolute atomic E-state index is 13.3. The molecule has 2 aliphatic rings. The largest absolute Gasteiger partial charge is 0.490 e. The third-order valence-corrected chi connectivity index (χ3v) is 5.61. The van der Waals surface area contributed by atoms with Crippen LogP contribution in [0.3, 0.4) is 0 Å². The topological polar surface area (TPSA) is 55.2 Å². The number of halogens is 3. The van der Waals surface area contributed by atoms with Gasteiger partial charge in [-0.3, -0.25) is 0 Å². The molecular formula is C20H20F3N5O. The molecular weight excluding hydrogens is 383 g/mol. The van der Waals surface area contributed by atoms with Crippen molar-refractivity contribution in [3.63, 3.8) is 0 Å². The summed E-state index contributed by atoms with van der Waals surface area (Å²) in [4.78, 5) is 11.4. The molecule has 0 unspecified atom stereocenters. The van der Waals surface area contributed by atoms with Crippen molar-refractivity contribution in [1.82, 2.24) is 14.5 Å². The van der Waals surface area contributed by atoms with Crippen LogP contribution in [0.25, 0.3) is 11.0 Å². The molecule has 1 N–H and O–H groups in total. The first-order chi connectivity index (χ1) is 13.9. The lowest BCUT2D eigenvalue weighted by Crippen LogP contribution is -2.43. The summed E-state index contributed by atoms with van der Waals surface area (Å²) in [6, 6.07) is 4.17. The Balaban J connectivity index is 1.27. The van der Waals surface area contributed by atoms with Gasteiger partial charge in [-0.15, -0.1) is 0 Å². The highest BCUT2D eigenvalue weighted by Crippen LogP contribution is 2.34. The molecule has 1 atom stereocenters. The zero-order valence-corrected chi connectivity index (χ0v) is 16.0. The minimum Gasteiger partial charge on any atom is -0.490 e. The van der Waals surface area contributed by atoms with E-state index in [0.717, 1.165) is 35.5 Å². The third kappa shape index (κ3) is 3.04. The lowest BCUT2D eigenvalue weighted by Gasteiger charge is -2.36. The Bertz CT molecular complexity index is 1070. The Morgan fingerprint density at radius 3 is 2.59 bits per heavy atom. The number of benzene rings is 1. The van der Waals surface area contributed by atoms with Crippen LogP contribution in [0.5, 0.6) is 5.75 Å². The fraction of sp³-hybridized carbons (Fsp3) is 0.400. The van der Waals surface area contributed by atoms with Crippen LogP contribution in [-0.4, -0.2) is 40.3 Å². The Morgan fingerprint density at radius 2 is 1.86 bits per heavy atom. The lowest BCUT2D eigenvalue weighted by molar-refractivity contribution is 0.107.